The van der Waals surface area contributed by atoms with Gasteiger partial charge >= 0.3 is 0 Å². The summed E-state index contributed by atoms with van der Waals surface area (Å²) in [5.74, 6) is -0.325. The first-order valence-electron chi connectivity index (χ1n) is 9.15. The monoisotopic (exact) mass is 465 g/mol. The zero-order valence-electron chi connectivity index (χ0n) is 16.7. The Bertz CT molecular complexity index is 1150. The zero-order chi connectivity index (χ0) is 21.9. The van der Waals surface area contributed by atoms with E-state index in [4.69, 9.17) is 21.3 Å². The van der Waals surface area contributed by atoms with Crippen LogP contribution in [0, 0.1) is 5.82 Å². The molecule has 30 heavy (non-hydrogen) atoms. The van der Waals surface area contributed by atoms with Crippen LogP contribution in [0.4, 0.5) is 4.39 Å². The minimum absolute atomic E-state index is 0.168. The second kappa shape index (κ2) is 9.39. The van der Waals surface area contributed by atoms with Crippen molar-refractivity contribution in [2.45, 2.75) is 31.5 Å². The van der Waals surface area contributed by atoms with E-state index in [0.717, 1.165) is 21.0 Å². The Morgan fingerprint density at radius 1 is 1.17 bits per heavy atom. The molecule has 158 valence electrons. The summed E-state index contributed by atoms with van der Waals surface area (Å²) in [6.45, 7) is 3.98. The van der Waals surface area contributed by atoms with Gasteiger partial charge in [-0.15, -0.1) is 11.3 Å². The van der Waals surface area contributed by atoms with E-state index in [2.05, 4.69) is 0 Å². The smallest absolute Gasteiger partial charge is 0.175 e. The molecule has 0 aliphatic carbocycles. The molecule has 0 spiro atoms. The summed E-state index contributed by atoms with van der Waals surface area (Å²) < 4.78 is 42.7. The second-order valence-corrected chi connectivity index (χ2v) is 10.6. The van der Waals surface area contributed by atoms with E-state index >= 15 is 0 Å². The van der Waals surface area contributed by atoms with Crippen LogP contribution in [0.3, 0.4) is 0 Å². The van der Waals surface area contributed by atoms with Crippen LogP contribution in [0.2, 0.25) is 0 Å². The summed E-state index contributed by atoms with van der Waals surface area (Å²) in [6, 6.07) is 12.8. The molecule has 2 aromatic carbocycles. The number of halogens is 2. The molecule has 3 rings (SSSR count). The van der Waals surface area contributed by atoms with Gasteiger partial charge in [-0.2, -0.15) is 0 Å². The molecule has 0 amide bonds. The fourth-order valence-electron chi connectivity index (χ4n) is 2.85. The first-order chi connectivity index (χ1) is 14.1. The molecular formula is C22H21ClFNO3S2. The van der Waals surface area contributed by atoms with Crippen LogP contribution < -0.4 is 0 Å². The van der Waals surface area contributed by atoms with Crippen LogP contribution in [-0.4, -0.2) is 25.8 Å². The SMILES string of the molecule is C/C(Cl)=C\C(C)OCc1nc(-c2ccc(F)cc2)c(-c2ccc(S(C)(=O)=O)cc2)s1. The molecule has 1 aromatic heterocycles. The molecule has 0 saturated heterocycles. The molecule has 0 N–H and O–H groups in total. The quantitative estimate of drug-likeness (QED) is 0.425. The molecule has 0 aliphatic heterocycles. The molecule has 1 unspecified atom stereocenters. The number of allylic oxidation sites excluding steroid dienone is 1. The molecule has 0 radical (unpaired) electrons. The van der Waals surface area contributed by atoms with Gasteiger partial charge < -0.3 is 4.74 Å². The zero-order valence-corrected chi connectivity index (χ0v) is 19.1. The molecule has 1 heterocycles. The van der Waals surface area contributed by atoms with E-state index < -0.39 is 9.84 Å². The van der Waals surface area contributed by atoms with Crippen molar-refractivity contribution in [3.63, 3.8) is 0 Å². The Labute approximate surface area is 184 Å². The largest absolute Gasteiger partial charge is 0.367 e. The van der Waals surface area contributed by atoms with Crippen LogP contribution >= 0.6 is 22.9 Å². The number of hydrogen-bond donors (Lipinski definition) is 0. The van der Waals surface area contributed by atoms with Crippen molar-refractivity contribution in [1.29, 1.82) is 0 Å². The topological polar surface area (TPSA) is 56.3 Å². The van der Waals surface area contributed by atoms with E-state index in [0.29, 0.717) is 17.3 Å². The Hall–Kier alpha value is -2.06. The van der Waals surface area contributed by atoms with Crippen molar-refractivity contribution >= 4 is 32.8 Å². The van der Waals surface area contributed by atoms with Gasteiger partial charge in [-0.3, -0.25) is 0 Å². The number of rotatable bonds is 7. The van der Waals surface area contributed by atoms with Crippen molar-refractivity contribution in [3.8, 4) is 21.7 Å². The first kappa shape index (κ1) is 22.6. The lowest BCUT2D eigenvalue weighted by Crippen LogP contribution is -2.04. The van der Waals surface area contributed by atoms with Gasteiger partial charge in [0, 0.05) is 16.9 Å². The molecule has 0 fully saturated rings. The number of hydrogen-bond acceptors (Lipinski definition) is 5. The lowest BCUT2D eigenvalue weighted by Gasteiger charge is -2.06. The van der Waals surface area contributed by atoms with Gasteiger partial charge in [0.2, 0.25) is 0 Å². The van der Waals surface area contributed by atoms with Crippen molar-refractivity contribution < 1.29 is 17.5 Å². The maximum atomic E-state index is 13.4. The average Bonchev–Trinajstić information content (AvgIpc) is 3.10. The van der Waals surface area contributed by atoms with Gasteiger partial charge in [0.1, 0.15) is 10.8 Å². The minimum Gasteiger partial charge on any atom is -0.367 e. The molecule has 1 atom stereocenters. The highest BCUT2D eigenvalue weighted by Crippen LogP contribution is 2.37. The fourth-order valence-corrected chi connectivity index (χ4v) is 4.67. The van der Waals surface area contributed by atoms with Gasteiger partial charge in [-0.25, -0.2) is 17.8 Å². The third-order valence-electron chi connectivity index (χ3n) is 4.27. The summed E-state index contributed by atoms with van der Waals surface area (Å²) in [7, 11) is -3.28. The van der Waals surface area contributed by atoms with Gasteiger partial charge in [-0.05, 0) is 61.9 Å². The van der Waals surface area contributed by atoms with E-state index in [-0.39, 0.29) is 16.8 Å². The van der Waals surface area contributed by atoms with Crippen molar-refractivity contribution in [3.05, 3.63) is 70.5 Å². The molecule has 8 heteroatoms. The second-order valence-electron chi connectivity index (χ2n) is 6.86. The molecular weight excluding hydrogens is 445 g/mol. The molecule has 0 bridgehead atoms. The number of benzene rings is 2. The van der Waals surface area contributed by atoms with Gasteiger partial charge in [-0.1, -0.05) is 23.7 Å². The summed E-state index contributed by atoms with van der Waals surface area (Å²) in [5.41, 5.74) is 2.29. The normalized spacial score (nSPS) is 13.4. The maximum Gasteiger partial charge on any atom is 0.175 e. The Morgan fingerprint density at radius 3 is 2.33 bits per heavy atom. The number of sulfone groups is 1. The van der Waals surface area contributed by atoms with E-state index in [1.807, 2.05) is 6.92 Å². The first-order valence-corrected chi connectivity index (χ1v) is 12.2. The summed E-state index contributed by atoms with van der Waals surface area (Å²) >= 11 is 7.35. The van der Waals surface area contributed by atoms with Crippen molar-refractivity contribution in [2.75, 3.05) is 6.26 Å². The van der Waals surface area contributed by atoms with Gasteiger partial charge in [0.25, 0.3) is 0 Å². The number of thiazole rings is 1. The Kier molecular flexibility index (Phi) is 7.08. The highest BCUT2D eigenvalue weighted by molar-refractivity contribution is 7.90. The lowest BCUT2D eigenvalue weighted by molar-refractivity contribution is 0.0837. The van der Waals surface area contributed by atoms with Crippen LogP contribution in [0.25, 0.3) is 21.7 Å². The van der Waals surface area contributed by atoms with Gasteiger partial charge in [0.05, 0.1) is 28.2 Å². The summed E-state index contributed by atoms with van der Waals surface area (Å²) in [5, 5.41) is 1.41. The van der Waals surface area contributed by atoms with Crippen molar-refractivity contribution in [2.24, 2.45) is 0 Å². The third kappa shape index (κ3) is 5.76. The van der Waals surface area contributed by atoms with Crippen molar-refractivity contribution in [1.82, 2.24) is 4.98 Å². The predicted molar refractivity (Wildman–Crippen MR) is 120 cm³/mol. The molecule has 3 aromatic rings. The highest BCUT2D eigenvalue weighted by atomic mass is 35.5. The Balaban J connectivity index is 1.98. The Morgan fingerprint density at radius 2 is 1.77 bits per heavy atom. The molecule has 4 nitrogen and oxygen atoms in total. The predicted octanol–water partition coefficient (Wildman–Crippen LogP) is 6.07. The van der Waals surface area contributed by atoms with Crippen LogP contribution in [0.1, 0.15) is 18.9 Å². The van der Waals surface area contributed by atoms with E-state index in [1.54, 1.807) is 49.4 Å². The lowest BCUT2D eigenvalue weighted by atomic mass is 10.1. The number of nitrogens with zero attached hydrogens (tertiary/aromatic N) is 1. The number of ether oxygens (including phenoxy) is 1. The van der Waals surface area contributed by atoms with E-state index in [1.165, 1.54) is 29.7 Å². The van der Waals surface area contributed by atoms with Crippen LogP contribution in [0.15, 0.2) is 64.5 Å². The van der Waals surface area contributed by atoms with E-state index in [9.17, 15) is 12.8 Å². The standard InChI is InChI=1S/C22H21ClFNO3S2/c1-14(23)12-15(2)28-13-20-25-21(16-4-8-18(24)9-5-16)22(29-20)17-6-10-19(11-7-17)30(3,26)27/h4-12,15H,13H2,1-3H3/b14-12+. The fraction of sp³-hybridized carbons (Fsp3) is 0.227. The number of aromatic nitrogens is 1. The van der Waals surface area contributed by atoms with Gasteiger partial charge in [0.15, 0.2) is 9.84 Å². The molecule has 0 aliphatic rings. The third-order valence-corrected chi connectivity index (χ3v) is 6.60. The minimum atomic E-state index is -3.28. The van der Waals surface area contributed by atoms with Crippen LogP contribution in [0.5, 0.6) is 0 Å². The maximum absolute atomic E-state index is 13.4. The molecule has 0 saturated carbocycles. The van der Waals surface area contributed by atoms with Crippen LogP contribution in [-0.2, 0) is 21.2 Å². The average molecular weight is 466 g/mol. The highest BCUT2D eigenvalue weighted by Gasteiger charge is 2.17. The summed E-state index contributed by atoms with van der Waals surface area (Å²) in [4.78, 5) is 5.82. The summed E-state index contributed by atoms with van der Waals surface area (Å²) in [6.07, 6.45) is 2.81.